The first kappa shape index (κ1) is 28.6. The number of nitrogens with zero attached hydrogens (tertiary/aromatic N) is 1. The van der Waals surface area contributed by atoms with Gasteiger partial charge in [0.05, 0.1) is 12.4 Å². The fourth-order valence-electron chi connectivity index (χ4n) is 3.09. The molecule has 0 radical (unpaired) electrons. The Morgan fingerprint density at radius 2 is 1.47 bits per heavy atom. The highest BCUT2D eigenvalue weighted by molar-refractivity contribution is 5.94. The van der Waals surface area contributed by atoms with Crippen molar-refractivity contribution in [2.75, 3.05) is 0 Å². The molecule has 0 aliphatic rings. The number of amides is 3. The number of imidazole rings is 1. The summed E-state index contributed by atoms with van der Waals surface area (Å²) < 4.78 is 0. The smallest absolute Gasteiger partial charge is 0.326 e. The minimum Gasteiger partial charge on any atom is -0.481 e. The van der Waals surface area contributed by atoms with E-state index in [1.54, 1.807) is 27.7 Å². The summed E-state index contributed by atoms with van der Waals surface area (Å²) in [6.45, 7) is 6.73. The molecule has 3 amide bonds. The van der Waals surface area contributed by atoms with Crippen LogP contribution in [0.1, 0.15) is 46.2 Å². The molecule has 190 valence electrons. The van der Waals surface area contributed by atoms with Crippen molar-refractivity contribution in [2.45, 2.75) is 71.1 Å². The maximum atomic E-state index is 13.0. The van der Waals surface area contributed by atoms with Crippen molar-refractivity contribution in [3.63, 3.8) is 0 Å². The molecule has 0 aliphatic heterocycles. The van der Waals surface area contributed by atoms with Crippen molar-refractivity contribution in [3.05, 3.63) is 18.2 Å². The molecule has 0 saturated carbocycles. The highest BCUT2D eigenvalue weighted by Crippen LogP contribution is 2.09. The lowest BCUT2D eigenvalue weighted by atomic mass is 9.98. The van der Waals surface area contributed by atoms with Crippen LogP contribution in [0.4, 0.5) is 0 Å². The third-order valence-electron chi connectivity index (χ3n) is 5.09. The molecule has 1 rings (SSSR count). The van der Waals surface area contributed by atoms with E-state index in [0.29, 0.717) is 5.69 Å². The number of rotatable bonds is 14. The molecule has 13 nitrogen and oxygen atoms in total. The fourth-order valence-corrected chi connectivity index (χ4v) is 3.09. The fraction of sp³-hybridized carbons (Fsp3) is 0.619. The second kappa shape index (κ2) is 13.3. The summed E-state index contributed by atoms with van der Waals surface area (Å²) in [5.41, 5.74) is 6.59. The average molecular weight is 483 g/mol. The summed E-state index contributed by atoms with van der Waals surface area (Å²) in [5.74, 6) is -5.33. The van der Waals surface area contributed by atoms with E-state index in [4.69, 9.17) is 10.8 Å². The number of aromatic nitrogens is 2. The number of nitrogens with one attached hydrogen (secondary N) is 4. The van der Waals surface area contributed by atoms with Crippen LogP contribution in [-0.4, -0.2) is 74.0 Å². The Bertz CT molecular complexity index is 856. The van der Waals surface area contributed by atoms with Crippen LogP contribution in [-0.2, 0) is 30.4 Å². The largest absolute Gasteiger partial charge is 0.481 e. The second-order valence-electron chi connectivity index (χ2n) is 8.68. The van der Waals surface area contributed by atoms with Crippen LogP contribution in [0.25, 0.3) is 0 Å². The average Bonchev–Trinajstić information content (AvgIpc) is 3.24. The lowest BCUT2D eigenvalue weighted by Gasteiger charge is -2.28. The van der Waals surface area contributed by atoms with Gasteiger partial charge in [0.1, 0.15) is 18.1 Å². The quantitative estimate of drug-likeness (QED) is 0.173. The number of nitrogens with two attached hydrogens (primary N) is 1. The number of hydrogen-bond donors (Lipinski definition) is 7. The van der Waals surface area contributed by atoms with Crippen LogP contribution in [0.5, 0.6) is 0 Å². The van der Waals surface area contributed by atoms with Gasteiger partial charge in [-0.1, -0.05) is 27.7 Å². The van der Waals surface area contributed by atoms with E-state index in [-0.39, 0.29) is 18.8 Å². The van der Waals surface area contributed by atoms with E-state index in [2.05, 4.69) is 25.9 Å². The van der Waals surface area contributed by atoms with Gasteiger partial charge in [0, 0.05) is 24.7 Å². The van der Waals surface area contributed by atoms with Gasteiger partial charge in [0.2, 0.25) is 17.7 Å². The van der Waals surface area contributed by atoms with E-state index >= 15 is 0 Å². The van der Waals surface area contributed by atoms with Crippen molar-refractivity contribution >= 4 is 29.7 Å². The number of aliphatic carboxylic acids is 2. The van der Waals surface area contributed by atoms with Crippen molar-refractivity contribution in [2.24, 2.45) is 17.6 Å². The number of carbonyl (C=O) groups is 5. The Balaban J connectivity index is 2.86. The van der Waals surface area contributed by atoms with Crippen molar-refractivity contribution in [1.29, 1.82) is 0 Å². The lowest BCUT2D eigenvalue weighted by Crippen LogP contribution is -2.59. The van der Waals surface area contributed by atoms with Crippen LogP contribution >= 0.6 is 0 Å². The van der Waals surface area contributed by atoms with E-state index in [1.807, 2.05) is 0 Å². The van der Waals surface area contributed by atoms with Gasteiger partial charge in [0.25, 0.3) is 0 Å². The zero-order valence-corrected chi connectivity index (χ0v) is 19.7. The summed E-state index contributed by atoms with van der Waals surface area (Å²) in [4.78, 5) is 67.1. The third kappa shape index (κ3) is 9.17. The Morgan fingerprint density at radius 1 is 0.941 bits per heavy atom. The Morgan fingerprint density at radius 3 is 1.91 bits per heavy atom. The van der Waals surface area contributed by atoms with Crippen LogP contribution in [0.2, 0.25) is 0 Å². The Labute approximate surface area is 197 Å². The molecule has 13 heteroatoms. The van der Waals surface area contributed by atoms with Crippen molar-refractivity contribution < 1.29 is 34.2 Å². The molecule has 0 aliphatic carbocycles. The first-order chi connectivity index (χ1) is 15.8. The predicted molar refractivity (Wildman–Crippen MR) is 120 cm³/mol. The number of H-pyrrole nitrogens is 1. The second-order valence-corrected chi connectivity index (χ2v) is 8.68. The zero-order chi connectivity index (χ0) is 26.0. The monoisotopic (exact) mass is 482 g/mol. The summed E-state index contributed by atoms with van der Waals surface area (Å²) in [5, 5.41) is 25.5. The molecule has 1 aromatic rings. The van der Waals surface area contributed by atoms with Gasteiger partial charge in [0.15, 0.2) is 0 Å². The molecule has 0 aromatic carbocycles. The van der Waals surface area contributed by atoms with Gasteiger partial charge in [-0.3, -0.25) is 19.2 Å². The minimum atomic E-state index is -1.43. The third-order valence-corrected chi connectivity index (χ3v) is 5.09. The van der Waals surface area contributed by atoms with Crippen molar-refractivity contribution in [1.82, 2.24) is 25.9 Å². The Hall–Kier alpha value is -3.48. The van der Waals surface area contributed by atoms with Crippen LogP contribution < -0.4 is 21.7 Å². The molecule has 1 heterocycles. The van der Waals surface area contributed by atoms with Crippen LogP contribution in [0, 0.1) is 11.8 Å². The number of hydrogen-bond acceptors (Lipinski definition) is 7. The molecule has 0 spiro atoms. The topological polar surface area (TPSA) is 217 Å². The molecule has 4 unspecified atom stereocenters. The van der Waals surface area contributed by atoms with Gasteiger partial charge < -0.3 is 36.9 Å². The first-order valence-corrected chi connectivity index (χ1v) is 10.9. The molecule has 0 saturated heterocycles. The van der Waals surface area contributed by atoms with E-state index in [9.17, 15) is 29.1 Å². The number of carboxylic acids is 2. The van der Waals surface area contributed by atoms with E-state index in [1.165, 1.54) is 12.5 Å². The number of carboxylic acid groups (broad SMARTS) is 2. The highest BCUT2D eigenvalue weighted by Gasteiger charge is 2.33. The van der Waals surface area contributed by atoms with E-state index in [0.717, 1.165) is 0 Å². The number of carbonyl (C=O) groups excluding carboxylic acids is 3. The van der Waals surface area contributed by atoms with Gasteiger partial charge in [-0.15, -0.1) is 0 Å². The lowest BCUT2D eigenvalue weighted by molar-refractivity contribution is -0.143. The Kier molecular flexibility index (Phi) is 11.2. The molecule has 34 heavy (non-hydrogen) atoms. The van der Waals surface area contributed by atoms with Gasteiger partial charge in [-0.05, 0) is 18.3 Å². The van der Waals surface area contributed by atoms with Gasteiger partial charge in [-0.2, -0.15) is 0 Å². The van der Waals surface area contributed by atoms with E-state index < -0.39 is 66.2 Å². The van der Waals surface area contributed by atoms with Gasteiger partial charge in [-0.25, -0.2) is 9.78 Å². The highest BCUT2D eigenvalue weighted by atomic mass is 16.4. The zero-order valence-electron chi connectivity index (χ0n) is 19.7. The molecule has 1 aromatic heterocycles. The van der Waals surface area contributed by atoms with Crippen LogP contribution in [0.3, 0.4) is 0 Å². The van der Waals surface area contributed by atoms with Crippen molar-refractivity contribution in [3.8, 4) is 0 Å². The molecule has 8 N–H and O–H groups in total. The molecular formula is C21H34N6O7. The summed E-state index contributed by atoms with van der Waals surface area (Å²) >= 11 is 0. The normalized spacial score (nSPS) is 14.7. The molecule has 0 fully saturated rings. The summed E-state index contributed by atoms with van der Waals surface area (Å²) in [6.07, 6.45) is 2.41. The molecule has 0 bridgehead atoms. The SMILES string of the molecule is CC(C)C(NC(=O)C(N)Cc1cnc[nH]1)C(=O)NC(C(=O)NC(CCC(=O)O)C(=O)O)C(C)C. The predicted octanol–water partition coefficient (Wildman–Crippen LogP) is -1.00. The summed E-state index contributed by atoms with van der Waals surface area (Å²) in [7, 11) is 0. The van der Waals surface area contributed by atoms with Crippen LogP contribution in [0.15, 0.2) is 12.5 Å². The number of aromatic amines is 1. The standard InChI is InChI=1S/C21H34N6O7/c1-10(2)16(19(31)25-14(21(33)34)5-6-15(28)29)27-20(32)17(11(3)4)26-18(30)13(22)7-12-8-23-9-24-12/h8-11,13-14,16-17H,5-7,22H2,1-4H3,(H,23,24)(H,25,31)(H,26,30)(H,27,32)(H,28,29)(H,33,34). The van der Waals surface area contributed by atoms with Gasteiger partial charge >= 0.3 is 11.9 Å². The molecule has 4 atom stereocenters. The first-order valence-electron chi connectivity index (χ1n) is 10.9. The summed E-state index contributed by atoms with van der Waals surface area (Å²) in [6, 6.07) is -4.49. The molecular weight excluding hydrogens is 448 g/mol. The minimum absolute atomic E-state index is 0.183. The maximum Gasteiger partial charge on any atom is 0.326 e. The maximum absolute atomic E-state index is 13.0.